The van der Waals surface area contributed by atoms with Gasteiger partial charge in [-0.1, -0.05) is 48.0 Å². The Hall–Kier alpha value is -3.03. The SMILES string of the molecule is CCOc1ccc([C@H](C)NC(=O)CN(c2cc(Cl)ccc2C)S(=O)(=O)c2ccccc2)cc1. The van der Waals surface area contributed by atoms with Gasteiger partial charge in [-0.25, -0.2) is 8.42 Å². The van der Waals surface area contributed by atoms with Crippen LogP contribution >= 0.6 is 11.6 Å². The maximum absolute atomic E-state index is 13.5. The average molecular weight is 487 g/mol. The first kappa shape index (κ1) is 24.6. The molecule has 1 atom stereocenters. The Labute approximate surface area is 200 Å². The zero-order chi connectivity index (χ0) is 24.0. The largest absolute Gasteiger partial charge is 0.494 e. The minimum Gasteiger partial charge on any atom is -0.494 e. The molecule has 6 nitrogen and oxygen atoms in total. The van der Waals surface area contributed by atoms with Crippen LogP contribution in [0.25, 0.3) is 0 Å². The van der Waals surface area contributed by atoms with E-state index in [1.165, 1.54) is 12.1 Å². The molecule has 0 fully saturated rings. The first-order valence-electron chi connectivity index (χ1n) is 10.6. The van der Waals surface area contributed by atoms with Gasteiger partial charge in [-0.15, -0.1) is 0 Å². The number of carbonyl (C=O) groups is 1. The number of aryl methyl sites for hydroxylation is 1. The number of ether oxygens (including phenoxy) is 1. The molecule has 1 amide bonds. The molecule has 3 aromatic carbocycles. The van der Waals surface area contributed by atoms with Crippen molar-refractivity contribution < 1.29 is 17.9 Å². The van der Waals surface area contributed by atoms with Crippen LogP contribution in [0.4, 0.5) is 5.69 Å². The third-order valence-electron chi connectivity index (χ3n) is 5.13. The molecule has 0 saturated carbocycles. The highest BCUT2D eigenvalue weighted by atomic mass is 35.5. The summed E-state index contributed by atoms with van der Waals surface area (Å²) in [6, 6.07) is 20.1. The lowest BCUT2D eigenvalue weighted by molar-refractivity contribution is -0.120. The third kappa shape index (κ3) is 6.06. The Kier molecular flexibility index (Phi) is 8.00. The number of nitrogens with one attached hydrogen (secondary N) is 1. The van der Waals surface area contributed by atoms with Crippen molar-refractivity contribution >= 4 is 33.2 Å². The first-order valence-corrected chi connectivity index (χ1v) is 12.4. The van der Waals surface area contributed by atoms with Gasteiger partial charge in [0, 0.05) is 5.02 Å². The molecule has 0 heterocycles. The molecule has 8 heteroatoms. The molecule has 0 saturated heterocycles. The third-order valence-corrected chi connectivity index (χ3v) is 7.14. The summed E-state index contributed by atoms with van der Waals surface area (Å²) >= 11 is 6.16. The molecule has 33 heavy (non-hydrogen) atoms. The number of halogens is 1. The predicted molar refractivity (Wildman–Crippen MR) is 131 cm³/mol. The number of rotatable bonds is 9. The fraction of sp³-hybridized carbons (Fsp3) is 0.240. The van der Waals surface area contributed by atoms with E-state index in [9.17, 15) is 13.2 Å². The van der Waals surface area contributed by atoms with Crippen molar-refractivity contribution in [2.45, 2.75) is 31.7 Å². The van der Waals surface area contributed by atoms with Crippen molar-refractivity contribution in [2.24, 2.45) is 0 Å². The van der Waals surface area contributed by atoms with Gasteiger partial charge in [0.15, 0.2) is 0 Å². The van der Waals surface area contributed by atoms with Crippen LogP contribution in [0.15, 0.2) is 77.7 Å². The molecule has 0 spiro atoms. The molecule has 0 aromatic heterocycles. The van der Waals surface area contributed by atoms with E-state index in [1.54, 1.807) is 43.3 Å². The number of hydrogen-bond donors (Lipinski definition) is 1. The number of benzene rings is 3. The smallest absolute Gasteiger partial charge is 0.264 e. The van der Waals surface area contributed by atoms with Crippen LogP contribution < -0.4 is 14.4 Å². The van der Waals surface area contributed by atoms with Gasteiger partial charge in [0.1, 0.15) is 12.3 Å². The van der Waals surface area contributed by atoms with Gasteiger partial charge in [0.05, 0.1) is 23.2 Å². The van der Waals surface area contributed by atoms with E-state index in [2.05, 4.69) is 5.32 Å². The molecule has 0 aliphatic rings. The molecular formula is C25H27ClN2O4S. The fourth-order valence-corrected chi connectivity index (χ4v) is 5.06. The molecule has 0 radical (unpaired) electrons. The van der Waals surface area contributed by atoms with Crippen molar-refractivity contribution in [1.29, 1.82) is 0 Å². The van der Waals surface area contributed by atoms with E-state index in [0.29, 0.717) is 22.9 Å². The number of hydrogen-bond acceptors (Lipinski definition) is 4. The molecule has 174 valence electrons. The molecular weight excluding hydrogens is 460 g/mol. The maximum atomic E-state index is 13.5. The topological polar surface area (TPSA) is 75.7 Å². The molecule has 0 bridgehead atoms. The highest BCUT2D eigenvalue weighted by Gasteiger charge is 2.28. The van der Waals surface area contributed by atoms with Crippen molar-refractivity contribution in [3.05, 3.63) is 88.9 Å². The second kappa shape index (κ2) is 10.7. The number of nitrogens with zero attached hydrogens (tertiary/aromatic N) is 1. The van der Waals surface area contributed by atoms with E-state index in [0.717, 1.165) is 15.6 Å². The second-order valence-corrected chi connectivity index (χ2v) is 9.85. The van der Waals surface area contributed by atoms with Crippen LogP contribution in [-0.4, -0.2) is 27.5 Å². The lowest BCUT2D eigenvalue weighted by atomic mass is 10.1. The fourth-order valence-electron chi connectivity index (χ4n) is 3.39. The van der Waals surface area contributed by atoms with Gasteiger partial charge in [0.2, 0.25) is 5.91 Å². The maximum Gasteiger partial charge on any atom is 0.264 e. The highest BCUT2D eigenvalue weighted by Crippen LogP contribution is 2.29. The van der Waals surface area contributed by atoms with E-state index < -0.39 is 15.9 Å². The molecule has 0 unspecified atom stereocenters. The predicted octanol–water partition coefficient (Wildman–Crippen LogP) is 5.12. The van der Waals surface area contributed by atoms with Gasteiger partial charge in [-0.05, 0) is 68.3 Å². The van der Waals surface area contributed by atoms with Crippen LogP contribution in [-0.2, 0) is 14.8 Å². The van der Waals surface area contributed by atoms with Gasteiger partial charge in [-0.2, -0.15) is 0 Å². The summed E-state index contributed by atoms with van der Waals surface area (Å²) in [5.74, 6) is 0.312. The number of carbonyl (C=O) groups excluding carboxylic acids is 1. The van der Waals surface area contributed by atoms with Crippen LogP contribution in [0.5, 0.6) is 5.75 Å². The van der Waals surface area contributed by atoms with E-state index in [4.69, 9.17) is 16.3 Å². The Bertz CT molecular complexity index is 1200. The Morgan fingerprint density at radius 2 is 1.73 bits per heavy atom. The second-order valence-electron chi connectivity index (χ2n) is 7.55. The summed E-state index contributed by atoms with van der Waals surface area (Å²) in [6.45, 7) is 5.71. The molecule has 0 aliphatic carbocycles. The first-order chi connectivity index (χ1) is 15.7. The lowest BCUT2D eigenvalue weighted by Crippen LogP contribution is -2.41. The van der Waals surface area contributed by atoms with Gasteiger partial charge in [0.25, 0.3) is 10.0 Å². The molecule has 0 aliphatic heterocycles. The normalized spacial score (nSPS) is 12.1. The van der Waals surface area contributed by atoms with Crippen molar-refractivity contribution in [2.75, 3.05) is 17.5 Å². The number of anilines is 1. The zero-order valence-corrected chi connectivity index (χ0v) is 20.4. The zero-order valence-electron chi connectivity index (χ0n) is 18.8. The molecule has 1 N–H and O–H groups in total. The Morgan fingerprint density at radius 3 is 2.36 bits per heavy atom. The van der Waals surface area contributed by atoms with Crippen molar-refractivity contribution in [3.8, 4) is 5.75 Å². The lowest BCUT2D eigenvalue weighted by Gasteiger charge is -2.26. The summed E-state index contributed by atoms with van der Waals surface area (Å²) < 4.78 is 33.5. The quantitative estimate of drug-likeness (QED) is 0.455. The van der Waals surface area contributed by atoms with Gasteiger partial charge in [-0.3, -0.25) is 9.10 Å². The summed E-state index contributed by atoms with van der Waals surface area (Å²) in [6.07, 6.45) is 0. The molecule has 3 aromatic rings. The summed E-state index contributed by atoms with van der Waals surface area (Å²) in [5, 5.41) is 3.27. The van der Waals surface area contributed by atoms with E-state index in [1.807, 2.05) is 38.1 Å². The Balaban J connectivity index is 1.87. The van der Waals surface area contributed by atoms with Crippen molar-refractivity contribution in [1.82, 2.24) is 5.32 Å². The van der Waals surface area contributed by atoms with Crippen LogP contribution in [0, 0.1) is 6.92 Å². The standard InChI is InChI=1S/C25H27ClN2O4S/c1-4-32-22-14-11-20(12-15-22)19(3)27-25(29)17-28(24-16-21(26)13-10-18(24)2)33(30,31)23-8-6-5-7-9-23/h5-16,19H,4,17H2,1-3H3,(H,27,29)/t19-/m0/s1. The summed E-state index contributed by atoms with van der Waals surface area (Å²) in [4.78, 5) is 13.1. The van der Waals surface area contributed by atoms with Gasteiger partial charge >= 0.3 is 0 Å². The van der Waals surface area contributed by atoms with E-state index in [-0.39, 0.29) is 17.5 Å². The van der Waals surface area contributed by atoms with Crippen LogP contribution in [0.1, 0.15) is 31.0 Å². The number of amides is 1. The monoisotopic (exact) mass is 486 g/mol. The van der Waals surface area contributed by atoms with Crippen molar-refractivity contribution in [3.63, 3.8) is 0 Å². The minimum atomic E-state index is -4.00. The Morgan fingerprint density at radius 1 is 1.06 bits per heavy atom. The van der Waals surface area contributed by atoms with Crippen LogP contribution in [0.3, 0.4) is 0 Å². The summed E-state index contributed by atoms with van der Waals surface area (Å²) in [5.41, 5.74) is 1.92. The van der Waals surface area contributed by atoms with E-state index >= 15 is 0 Å². The number of sulfonamides is 1. The average Bonchev–Trinajstić information content (AvgIpc) is 2.80. The molecule has 3 rings (SSSR count). The summed E-state index contributed by atoms with van der Waals surface area (Å²) in [7, 11) is -4.00. The van der Waals surface area contributed by atoms with Gasteiger partial charge < -0.3 is 10.1 Å². The minimum absolute atomic E-state index is 0.0942. The highest BCUT2D eigenvalue weighted by molar-refractivity contribution is 7.92. The van der Waals surface area contributed by atoms with Crippen LogP contribution in [0.2, 0.25) is 5.02 Å².